The Hall–Kier alpha value is -2.48. The van der Waals surface area contributed by atoms with E-state index in [0.717, 1.165) is 35.7 Å². The van der Waals surface area contributed by atoms with Gasteiger partial charge < -0.3 is 9.42 Å². The van der Waals surface area contributed by atoms with Gasteiger partial charge in [0.1, 0.15) is 12.1 Å². The Morgan fingerprint density at radius 2 is 2.26 bits per heavy atom. The highest BCUT2D eigenvalue weighted by Gasteiger charge is 2.23. The first-order chi connectivity index (χ1) is 11.0. The SMILES string of the molecule is Cc1cc(NC(=O)CN2CCc3ncnc(N(C)C)c3C2)on1. The molecule has 0 aromatic carbocycles. The highest BCUT2D eigenvalue weighted by molar-refractivity contribution is 5.91. The molecule has 0 unspecified atom stereocenters. The summed E-state index contributed by atoms with van der Waals surface area (Å²) in [6.45, 7) is 3.55. The van der Waals surface area contributed by atoms with Gasteiger partial charge in [-0.2, -0.15) is 0 Å². The number of hydrogen-bond donors (Lipinski definition) is 1. The summed E-state index contributed by atoms with van der Waals surface area (Å²) in [5.74, 6) is 1.17. The van der Waals surface area contributed by atoms with Gasteiger partial charge in [0.05, 0.1) is 17.9 Å². The van der Waals surface area contributed by atoms with E-state index in [1.54, 1.807) is 12.4 Å². The Morgan fingerprint density at radius 3 is 2.96 bits per heavy atom. The Bertz CT molecular complexity index is 712. The van der Waals surface area contributed by atoms with Crippen molar-refractivity contribution in [2.24, 2.45) is 0 Å². The fraction of sp³-hybridized carbons (Fsp3) is 0.467. The average Bonchev–Trinajstić information content (AvgIpc) is 2.91. The van der Waals surface area contributed by atoms with E-state index in [2.05, 4.69) is 25.3 Å². The molecule has 0 aliphatic carbocycles. The van der Waals surface area contributed by atoms with Crippen molar-refractivity contribution in [1.29, 1.82) is 0 Å². The maximum Gasteiger partial charge on any atom is 0.240 e. The number of aryl methyl sites for hydroxylation is 1. The number of fused-ring (bicyclic) bond motifs is 1. The largest absolute Gasteiger partial charge is 0.362 e. The predicted octanol–water partition coefficient (Wildman–Crippen LogP) is 0.836. The molecule has 0 spiro atoms. The first-order valence-corrected chi connectivity index (χ1v) is 7.48. The van der Waals surface area contributed by atoms with Crippen molar-refractivity contribution in [3.63, 3.8) is 0 Å². The maximum atomic E-state index is 12.1. The minimum absolute atomic E-state index is 0.118. The minimum Gasteiger partial charge on any atom is -0.362 e. The van der Waals surface area contributed by atoms with E-state index in [0.29, 0.717) is 19.0 Å². The van der Waals surface area contributed by atoms with Crippen LogP contribution in [0.25, 0.3) is 0 Å². The minimum atomic E-state index is -0.118. The van der Waals surface area contributed by atoms with Crippen molar-refractivity contribution >= 4 is 17.6 Å². The zero-order valence-electron chi connectivity index (χ0n) is 13.5. The number of carbonyl (C=O) groups is 1. The second-order valence-corrected chi connectivity index (χ2v) is 5.86. The lowest BCUT2D eigenvalue weighted by molar-refractivity contribution is -0.117. The van der Waals surface area contributed by atoms with Gasteiger partial charge in [0.2, 0.25) is 11.8 Å². The Labute approximate surface area is 134 Å². The van der Waals surface area contributed by atoms with Crippen molar-refractivity contribution in [2.75, 3.05) is 37.4 Å². The molecule has 8 heteroatoms. The van der Waals surface area contributed by atoms with Crippen molar-refractivity contribution in [1.82, 2.24) is 20.0 Å². The third-order valence-electron chi connectivity index (χ3n) is 3.74. The van der Waals surface area contributed by atoms with Gasteiger partial charge in [0.25, 0.3) is 0 Å². The second-order valence-electron chi connectivity index (χ2n) is 5.86. The van der Waals surface area contributed by atoms with Crippen LogP contribution in [-0.2, 0) is 17.8 Å². The number of aromatic nitrogens is 3. The Kier molecular flexibility index (Phi) is 4.24. The molecule has 0 radical (unpaired) electrons. The fourth-order valence-corrected chi connectivity index (χ4v) is 2.71. The summed E-state index contributed by atoms with van der Waals surface area (Å²) in [5.41, 5.74) is 2.89. The number of amides is 1. The highest BCUT2D eigenvalue weighted by atomic mass is 16.5. The summed E-state index contributed by atoms with van der Waals surface area (Å²) in [6, 6.07) is 1.70. The number of hydrogen-bond acceptors (Lipinski definition) is 7. The fourth-order valence-electron chi connectivity index (χ4n) is 2.71. The first-order valence-electron chi connectivity index (χ1n) is 7.48. The molecule has 1 aliphatic heterocycles. The molecule has 0 saturated heterocycles. The van der Waals surface area contributed by atoms with Gasteiger partial charge in [0, 0.05) is 45.2 Å². The number of carbonyl (C=O) groups excluding carboxylic acids is 1. The van der Waals surface area contributed by atoms with Crippen LogP contribution in [0.4, 0.5) is 11.7 Å². The van der Waals surface area contributed by atoms with Crippen LogP contribution in [-0.4, -0.2) is 53.1 Å². The van der Waals surface area contributed by atoms with Crippen LogP contribution < -0.4 is 10.2 Å². The Morgan fingerprint density at radius 1 is 1.43 bits per heavy atom. The molecule has 1 amide bonds. The molecule has 0 saturated carbocycles. The molecule has 8 nitrogen and oxygen atoms in total. The van der Waals surface area contributed by atoms with E-state index in [-0.39, 0.29) is 5.91 Å². The van der Waals surface area contributed by atoms with E-state index < -0.39 is 0 Å². The van der Waals surface area contributed by atoms with Gasteiger partial charge in [0.15, 0.2) is 0 Å². The molecular formula is C15H20N6O2. The summed E-state index contributed by atoms with van der Waals surface area (Å²) in [7, 11) is 3.92. The summed E-state index contributed by atoms with van der Waals surface area (Å²) >= 11 is 0. The van der Waals surface area contributed by atoms with E-state index in [4.69, 9.17) is 4.52 Å². The van der Waals surface area contributed by atoms with Crippen LogP contribution in [0.1, 0.15) is 17.0 Å². The van der Waals surface area contributed by atoms with Crippen molar-refractivity contribution in [2.45, 2.75) is 19.9 Å². The van der Waals surface area contributed by atoms with Crippen LogP contribution in [0.2, 0.25) is 0 Å². The summed E-state index contributed by atoms with van der Waals surface area (Å²) < 4.78 is 5.00. The van der Waals surface area contributed by atoms with Gasteiger partial charge in [-0.25, -0.2) is 9.97 Å². The third kappa shape index (κ3) is 3.48. The molecule has 2 aromatic heterocycles. The van der Waals surface area contributed by atoms with Crippen LogP contribution >= 0.6 is 0 Å². The molecule has 23 heavy (non-hydrogen) atoms. The zero-order chi connectivity index (χ0) is 16.4. The quantitative estimate of drug-likeness (QED) is 0.894. The van der Waals surface area contributed by atoms with Gasteiger partial charge in [-0.15, -0.1) is 0 Å². The van der Waals surface area contributed by atoms with Crippen LogP contribution in [0.5, 0.6) is 0 Å². The second kappa shape index (κ2) is 6.33. The van der Waals surface area contributed by atoms with E-state index in [1.807, 2.05) is 25.9 Å². The highest BCUT2D eigenvalue weighted by Crippen LogP contribution is 2.24. The first kappa shape index (κ1) is 15.4. The lowest BCUT2D eigenvalue weighted by Gasteiger charge is -2.29. The van der Waals surface area contributed by atoms with Crippen molar-refractivity contribution in [3.8, 4) is 0 Å². The standard InChI is InChI=1S/C15H20N6O2/c1-10-6-14(23-19-10)18-13(22)8-21-5-4-12-11(7-21)15(20(2)3)17-9-16-12/h6,9H,4-5,7-8H2,1-3H3,(H,18,22). The monoisotopic (exact) mass is 316 g/mol. The van der Waals surface area contributed by atoms with Gasteiger partial charge in [-0.1, -0.05) is 5.16 Å². The molecule has 1 aliphatic rings. The molecular weight excluding hydrogens is 296 g/mol. The molecule has 122 valence electrons. The van der Waals surface area contributed by atoms with Gasteiger partial charge in [-0.3, -0.25) is 15.0 Å². The number of anilines is 2. The zero-order valence-corrected chi connectivity index (χ0v) is 13.5. The molecule has 2 aromatic rings. The van der Waals surface area contributed by atoms with Crippen LogP contribution in [0.15, 0.2) is 16.9 Å². The van der Waals surface area contributed by atoms with Crippen molar-refractivity contribution < 1.29 is 9.32 Å². The maximum absolute atomic E-state index is 12.1. The Balaban J connectivity index is 1.66. The van der Waals surface area contributed by atoms with Crippen LogP contribution in [0.3, 0.4) is 0 Å². The van der Waals surface area contributed by atoms with E-state index in [1.165, 1.54) is 0 Å². The van der Waals surface area contributed by atoms with E-state index >= 15 is 0 Å². The lowest BCUT2D eigenvalue weighted by Crippen LogP contribution is -2.38. The predicted molar refractivity (Wildman–Crippen MR) is 85.2 cm³/mol. The van der Waals surface area contributed by atoms with E-state index in [9.17, 15) is 4.79 Å². The van der Waals surface area contributed by atoms with Gasteiger partial charge in [-0.05, 0) is 6.92 Å². The number of rotatable bonds is 4. The number of nitrogens with zero attached hydrogens (tertiary/aromatic N) is 5. The summed E-state index contributed by atoms with van der Waals surface area (Å²) in [6.07, 6.45) is 2.41. The molecule has 3 heterocycles. The van der Waals surface area contributed by atoms with Gasteiger partial charge >= 0.3 is 0 Å². The average molecular weight is 316 g/mol. The smallest absolute Gasteiger partial charge is 0.240 e. The summed E-state index contributed by atoms with van der Waals surface area (Å²) in [5, 5.41) is 6.47. The lowest BCUT2D eigenvalue weighted by atomic mass is 10.1. The molecule has 0 atom stereocenters. The topological polar surface area (TPSA) is 87.4 Å². The molecule has 3 rings (SSSR count). The normalized spacial score (nSPS) is 14.4. The van der Waals surface area contributed by atoms with Crippen molar-refractivity contribution in [3.05, 3.63) is 29.3 Å². The molecule has 1 N–H and O–H groups in total. The number of nitrogens with one attached hydrogen (secondary N) is 1. The van der Waals surface area contributed by atoms with Crippen LogP contribution in [0, 0.1) is 6.92 Å². The third-order valence-corrected chi connectivity index (χ3v) is 3.74. The molecule has 0 fully saturated rings. The summed E-state index contributed by atoms with van der Waals surface area (Å²) in [4.78, 5) is 24.9. The molecule has 0 bridgehead atoms.